The lowest BCUT2D eigenvalue weighted by molar-refractivity contribution is -0.685. The lowest BCUT2D eigenvalue weighted by Crippen LogP contribution is -3.00. The third kappa shape index (κ3) is 5.03. The third-order valence-electron chi connectivity index (χ3n) is 2.57. The molecule has 0 unspecified atom stereocenters. The van der Waals surface area contributed by atoms with Gasteiger partial charge in [-0.2, -0.15) is 4.57 Å². The summed E-state index contributed by atoms with van der Waals surface area (Å²) < 4.78 is 1.61. The zero-order valence-electron chi connectivity index (χ0n) is 10.5. The summed E-state index contributed by atoms with van der Waals surface area (Å²) in [4.78, 5) is 10.5. The smallest absolute Gasteiger partial charge is 0.370 e. The fraction of sp³-hybridized carbons (Fsp3) is 0.0667. The second kappa shape index (κ2) is 7.68. The van der Waals surface area contributed by atoms with Crippen molar-refractivity contribution in [3.8, 4) is 0 Å². The fourth-order valence-corrected chi connectivity index (χ4v) is 1.73. The maximum absolute atomic E-state index is 10.5. The van der Waals surface area contributed by atoms with Crippen molar-refractivity contribution in [2.24, 2.45) is 0 Å². The third-order valence-corrected chi connectivity index (χ3v) is 2.82. The Bertz CT molecular complexity index is 592. The highest BCUT2D eigenvalue weighted by atomic mass is 35.5. The topological polar surface area (TPSA) is 41.2 Å². The van der Waals surface area contributed by atoms with E-state index >= 15 is 0 Å². The molecule has 0 bridgehead atoms. The van der Waals surface area contributed by atoms with E-state index in [1.54, 1.807) is 17.0 Å². The van der Waals surface area contributed by atoms with Gasteiger partial charge in [0.15, 0.2) is 12.4 Å². The Labute approximate surface area is 128 Å². The molecule has 0 fully saturated rings. The monoisotopic (exact) mass is 309 g/mol. The summed E-state index contributed by atoms with van der Waals surface area (Å²) >= 11 is 5.81. The molecule has 1 N–H and O–H groups in total. The van der Waals surface area contributed by atoms with Crippen LogP contribution in [0.15, 0.2) is 48.8 Å². The first-order valence-corrected chi connectivity index (χ1v) is 6.16. The number of carbonyl (C=O) groups is 1. The van der Waals surface area contributed by atoms with Crippen LogP contribution in [0.3, 0.4) is 0 Å². The van der Waals surface area contributed by atoms with Crippen molar-refractivity contribution in [2.75, 3.05) is 0 Å². The lowest BCUT2D eigenvalue weighted by Gasteiger charge is -1.95. The van der Waals surface area contributed by atoms with Crippen LogP contribution in [0, 0.1) is 0 Å². The molecule has 0 aliphatic heterocycles. The number of aliphatic carboxylic acids is 1. The molecule has 2 rings (SSSR count). The number of halogens is 2. The SMILES string of the molecule is O=C(O)C[n+]1ccc(/C=C\c2ccc(Cl)cc2)cc1.[Cl-]. The van der Waals surface area contributed by atoms with Gasteiger partial charge < -0.3 is 17.5 Å². The Morgan fingerprint density at radius 2 is 1.55 bits per heavy atom. The van der Waals surface area contributed by atoms with E-state index < -0.39 is 5.97 Å². The molecule has 0 spiro atoms. The van der Waals surface area contributed by atoms with Gasteiger partial charge in [0.1, 0.15) is 0 Å². The van der Waals surface area contributed by atoms with E-state index in [9.17, 15) is 4.79 Å². The van der Waals surface area contributed by atoms with E-state index in [1.807, 2.05) is 48.6 Å². The van der Waals surface area contributed by atoms with Gasteiger partial charge in [0.25, 0.3) is 0 Å². The van der Waals surface area contributed by atoms with Gasteiger partial charge in [-0.05, 0) is 23.3 Å². The molecule has 104 valence electrons. The van der Waals surface area contributed by atoms with E-state index in [1.165, 1.54) is 0 Å². The van der Waals surface area contributed by atoms with Gasteiger partial charge in [-0.3, -0.25) is 0 Å². The Morgan fingerprint density at radius 1 is 1.05 bits per heavy atom. The average molecular weight is 310 g/mol. The highest BCUT2D eigenvalue weighted by molar-refractivity contribution is 6.30. The predicted octanol–water partition coefficient (Wildman–Crippen LogP) is -0.113. The summed E-state index contributed by atoms with van der Waals surface area (Å²) in [6.07, 6.45) is 7.44. The predicted molar refractivity (Wildman–Crippen MR) is 74.7 cm³/mol. The zero-order chi connectivity index (χ0) is 13.7. The van der Waals surface area contributed by atoms with Gasteiger partial charge in [-0.25, -0.2) is 4.79 Å². The molecule has 0 saturated carbocycles. The summed E-state index contributed by atoms with van der Waals surface area (Å²) in [6, 6.07) is 11.3. The number of carboxylic acids is 1. The summed E-state index contributed by atoms with van der Waals surface area (Å²) in [7, 11) is 0. The van der Waals surface area contributed by atoms with E-state index in [4.69, 9.17) is 16.7 Å². The van der Waals surface area contributed by atoms with Crippen LogP contribution < -0.4 is 17.0 Å². The minimum atomic E-state index is -0.852. The summed E-state index contributed by atoms with van der Waals surface area (Å²) in [5.41, 5.74) is 2.07. The average Bonchev–Trinajstić information content (AvgIpc) is 2.39. The first-order chi connectivity index (χ1) is 9.13. The van der Waals surface area contributed by atoms with Gasteiger partial charge in [-0.1, -0.05) is 35.9 Å². The highest BCUT2D eigenvalue weighted by Crippen LogP contribution is 2.12. The molecule has 20 heavy (non-hydrogen) atoms. The van der Waals surface area contributed by atoms with E-state index in [0.29, 0.717) is 5.02 Å². The minimum Gasteiger partial charge on any atom is -1.00 e. The van der Waals surface area contributed by atoms with Crippen molar-refractivity contribution in [1.29, 1.82) is 0 Å². The van der Waals surface area contributed by atoms with Crippen LogP contribution in [0.25, 0.3) is 12.2 Å². The molecular formula is C15H13Cl2NO2. The van der Waals surface area contributed by atoms with Gasteiger partial charge in [0.2, 0.25) is 6.54 Å². The number of hydrogen-bond donors (Lipinski definition) is 1. The standard InChI is InChI=1S/C15H12ClNO2.ClH/c16-14-5-3-12(4-6-14)1-2-13-7-9-17(10-8-13)11-15(18)19;/h1-10H,11H2;1H/b2-1-;. The molecular weight excluding hydrogens is 297 g/mol. The van der Waals surface area contributed by atoms with Crippen molar-refractivity contribution in [2.45, 2.75) is 6.54 Å². The summed E-state index contributed by atoms with van der Waals surface area (Å²) in [5.74, 6) is -0.852. The van der Waals surface area contributed by atoms with Gasteiger partial charge in [0.05, 0.1) is 0 Å². The van der Waals surface area contributed by atoms with Crippen molar-refractivity contribution in [3.05, 3.63) is 64.9 Å². The minimum absolute atomic E-state index is 0. The number of rotatable bonds is 4. The van der Waals surface area contributed by atoms with Crippen LogP contribution >= 0.6 is 11.6 Å². The number of carboxylic acid groups (broad SMARTS) is 1. The number of aromatic nitrogens is 1. The number of benzene rings is 1. The van der Waals surface area contributed by atoms with E-state index in [0.717, 1.165) is 11.1 Å². The molecule has 0 amide bonds. The van der Waals surface area contributed by atoms with Crippen molar-refractivity contribution >= 4 is 29.7 Å². The second-order valence-corrected chi connectivity index (χ2v) is 4.52. The van der Waals surface area contributed by atoms with Crippen molar-refractivity contribution in [1.82, 2.24) is 0 Å². The number of pyridine rings is 1. The van der Waals surface area contributed by atoms with Crippen molar-refractivity contribution < 1.29 is 26.9 Å². The molecule has 2 aromatic rings. The van der Waals surface area contributed by atoms with Crippen LogP contribution in [0.5, 0.6) is 0 Å². The molecule has 1 aromatic heterocycles. The molecule has 1 aromatic carbocycles. The van der Waals surface area contributed by atoms with E-state index in [2.05, 4.69) is 0 Å². The quantitative estimate of drug-likeness (QED) is 0.801. The summed E-state index contributed by atoms with van der Waals surface area (Å²) in [5, 5.41) is 9.38. The molecule has 0 aliphatic rings. The maximum atomic E-state index is 10.5. The fourth-order valence-electron chi connectivity index (χ4n) is 1.61. The Kier molecular flexibility index (Phi) is 6.22. The van der Waals surface area contributed by atoms with E-state index in [-0.39, 0.29) is 19.0 Å². The molecule has 0 atom stereocenters. The molecule has 1 heterocycles. The molecule has 0 radical (unpaired) electrons. The number of nitrogens with zero attached hydrogens (tertiary/aromatic N) is 1. The molecule has 0 aliphatic carbocycles. The van der Waals surface area contributed by atoms with Crippen LogP contribution in [0.4, 0.5) is 0 Å². The highest BCUT2D eigenvalue weighted by Gasteiger charge is 2.05. The number of hydrogen-bond acceptors (Lipinski definition) is 1. The Morgan fingerprint density at radius 3 is 2.05 bits per heavy atom. The van der Waals surface area contributed by atoms with Crippen molar-refractivity contribution in [3.63, 3.8) is 0 Å². The van der Waals surface area contributed by atoms with Crippen LogP contribution in [0.2, 0.25) is 5.02 Å². The Balaban J connectivity index is 0.00000200. The van der Waals surface area contributed by atoms with Gasteiger partial charge in [0, 0.05) is 17.2 Å². The lowest BCUT2D eigenvalue weighted by atomic mass is 10.1. The van der Waals surface area contributed by atoms with Gasteiger partial charge >= 0.3 is 5.97 Å². The normalized spacial score (nSPS) is 10.2. The largest absolute Gasteiger partial charge is 1.00 e. The molecule has 5 heteroatoms. The Hall–Kier alpha value is -1.84. The summed E-state index contributed by atoms with van der Waals surface area (Å²) in [6.45, 7) is -0.0266. The van der Waals surface area contributed by atoms with Crippen LogP contribution in [-0.4, -0.2) is 11.1 Å². The zero-order valence-corrected chi connectivity index (χ0v) is 12.1. The van der Waals surface area contributed by atoms with Crippen LogP contribution in [-0.2, 0) is 11.3 Å². The molecule has 0 saturated heterocycles. The maximum Gasteiger partial charge on any atom is 0.370 e. The molecule has 3 nitrogen and oxygen atoms in total. The first kappa shape index (κ1) is 16.2. The van der Waals surface area contributed by atoms with Gasteiger partial charge in [-0.15, -0.1) is 0 Å². The first-order valence-electron chi connectivity index (χ1n) is 5.78. The van der Waals surface area contributed by atoms with Crippen LogP contribution in [0.1, 0.15) is 11.1 Å². The second-order valence-electron chi connectivity index (χ2n) is 4.08.